The molecule has 9 heteroatoms. The minimum atomic E-state index is -3.84. The van der Waals surface area contributed by atoms with E-state index in [4.69, 9.17) is 15.9 Å². The first-order valence-corrected chi connectivity index (χ1v) is 5.41. The Kier molecular flexibility index (Phi) is 4.56. The maximum atomic E-state index is 13.9. The first-order chi connectivity index (χ1) is 8.71. The van der Waals surface area contributed by atoms with Gasteiger partial charge in [-0.15, -0.1) is 0 Å². The predicted molar refractivity (Wildman–Crippen MR) is 61.7 cm³/mol. The number of aliphatic hydroxyl groups is 3. The second kappa shape index (κ2) is 5.59. The molecule has 0 amide bonds. The van der Waals surface area contributed by atoms with Crippen LogP contribution in [-0.4, -0.2) is 49.6 Å². The molecule has 3 atom stereocenters. The maximum absolute atomic E-state index is 13.9. The quantitative estimate of drug-likeness (QED) is 0.533. The number of alkyl halides is 2. The summed E-state index contributed by atoms with van der Waals surface area (Å²) in [6.45, 7) is -0.0506. The molecule has 7 nitrogen and oxygen atoms in total. The van der Waals surface area contributed by atoms with E-state index in [0.717, 1.165) is 19.2 Å². The highest BCUT2D eigenvalue weighted by Gasteiger charge is 2.48. The SMILES string of the molecule is C[C@@H](n1ccc(N)nc1=O)C(F)(F)C(O)[C@H](O)CO. The third-order valence-electron chi connectivity index (χ3n) is 2.77. The number of rotatable bonds is 5. The molecule has 0 radical (unpaired) electrons. The molecule has 0 bridgehead atoms. The van der Waals surface area contributed by atoms with Gasteiger partial charge in [0.2, 0.25) is 0 Å². The minimum absolute atomic E-state index is 0.118. The van der Waals surface area contributed by atoms with E-state index < -0.39 is 36.5 Å². The van der Waals surface area contributed by atoms with Gasteiger partial charge in [0.15, 0.2) is 0 Å². The second-order valence-electron chi connectivity index (χ2n) is 4.09. The van der Waals surface area contributed by atoms with Crippen LogP contribution in [0.3, 0.4) is 0 Å². The average Bonchev–Trinajstić information content (AvgIpc) is 2.36. The van der Waals surface area contributed by atoms with Gasteiger partial charge in [0, 0.05) is 6.20 Å². The van der Waals surface area contributed by atoms with Crippen LogP contribution in [0.4, 0.5) is 14.6 Å². The predicted octanol–water partition coefficient (Wildman–Crippen LogP) is -1.26. The fourth-order valence-corrected chi connectivity index (χ4v) is 1.51. The average molecular weight is 279 g/mol. The van der Waals surface area contributed by atoms with Gasteiger partial charge in [0.05, 0.1) is 6.61 Å². The molecule has 0 aromatic carbocycles. The van der Waals surface area contributed by atoms with E-state index in [0.29, 0.717) is 4.57 Å². The molecule has 1 aromatic rings. The molecule has 0 spiro atoms. The van der Waals surface area contributed by atoms with Crippen molar-refractivity contribution in [3.63, 3.8) is 0 Å². The van der Waals surface area contributed by atoms with E-state index in [1.807, 2.05) is 0 Å². The van der Waals surface area contributed by atoms with Crippen molar-refractivity contribution >= 4 is 5.82 Å². The molecule has 0 fully saturated rings. The van der Waals surface area contributed by atoms with Crippen molar-refractivity contribution in [3.05, 3.63) is 22.7 Å². The van der Waals surface area contributed by atoms with Crippen LogP contribution in [0.5, 0.6) is 0 Å². The van der Waals surface area contributed by atoms with Crippen LogP contribution >= 0.6 is 0 Å². The van der Waals surface area contributed by atoms with Gasteiger partial charge in [0.1, 0.15) is 24.1 Å². The van der Waals surface area contributed by atoms with Crippen molar-refractivity contribution in [2.75, 3.05) is 12.3 Å². The number of hydrogen-bond donors (Lipinski definition) is 4. The Hall–Kier alpha value is -1.58. The number of anilines is 1. The highest BCUT2D eigenvalue weighted by Crippen LogP contribution is 2.32. The summed E-state index contributed by atoms with van der Waals surface area (Å²) in [7, 11) is 0. The Labute approximate surface area is 106 Å². The number of aromatic nitrogens is 2. The van der Waals surface area contributed by atoms with Gasteiger partial charge >= 0.3 is 5.69 Å². The van der Waals surface area contributed by atoms with Crippen molar-refractivity contribution in [1.29, 1.82) is 0 Å². The molecule has 1 heterocycles. The number of halogens is 2. The lowest BCUT2D eigenvalue weighted by atomic mass is 10.0. The smallest absolute Gasteiger partial charge is 0.349 e. The van der Waals surface area contributed by atoms with Crippen LogP contribution in [-0.2, 0) is 0 Å². The molecule has 0 aliphatic rings. The van der Waals surface area contributed by atoms with Gasteiger partial charge in [-0.1, -0.05) is 0 Å². The number of nitrogens with two attached hydrogens (primary N) is 1. The third-order valence-corrected chi connectivity index (χ3v) is 2.77. The second-order valence-corrected chi connectivity index (χ2v) is 4.09. The standard InChI is InChI=1S/C10H15F2N3O4/c1-5(10(11,12)8(18)6(17)4-16)15-3-2-7(13)14-9(15)19/h2-3,5-6,8,16-18H,4H2,1H3,(H2,13,14,19)/t5-,6-,8?/m1/s1. The summed E-state index contributed by atoms with van der Waals surface area (Å²) >= 11 is 0. The van der Waals surface area contributed by atoms with Gasteiger partial charge in [-0.25, -0.2) is 13.6 Å². The topological polar surface area (TPSA) is 122 Å². The molecular weight excluding hydrogens is 264 g/mol. The first kappa shape index (κ1) is 15.5. The number of hydrogen-bond acceptors (Lipinski definition) is 6. The fourth-order valence-electron chi connectivity index (χ4n) is 1.51. The third kappa shape index (κ3) is 3.06. The highest BCUT2D eigenvalue weighted by molar-refractivity contribution is 5.23. The normalized spacial score (nSPS) is 16.9. The Morgan fingerprint density at radius 3 is 2.58 bits per heavy atom. The molecule has 19 heavy (non-hydrogen) atoms. The summed E-state index contributed by atoms with van der Waals surface area (Å²) in [6, 6.07) is -0.618. The molecule has 5 N–H and O–H groups in total. The Bertz CT molecular complexity index is 494. The fraction of sp³-hybridized carbons (Fsp3) is 0.600. The molecule has 0 aliphatic heterocycles. The molecule has 1 unspecified atom stereocenters. The lowest BCUT2D eigenvalue weighted by Crippen LogP contribution is -2.50. The van der Waals surface area contributed by atoms with E-state index in [9.17, 15) is 18.7 Å². The minimum Gasteiger partial charge on any atom is -0.394 e. The number of nitrogen functional groups attached to an aromatic ring is 1. The van der Waals surface area contributed by atoms with Crippen molar-refractivity contribution in [2.45, 2.75) is 31.1 Å². The van der Waals surface area contributed by atoms with E-state index in [-0.39, 0.29) is 5.82 Å². The van der Waals surface area contributed by atoms with E-state index >= 15 is 0 Å². The van der Waals surface area contributed by atoms with Gasteiger partial charge in [-0.2, -0.15) is 4.98 Å². The lowest BCUT2D eigenvalue weighted by Gasteiger charge is -2.31. The molecule has 1 aromatic heterocycles. The summed E-state index contributed by atoms with van der Waals surface area (Å²) in [4.78, 5) is 14.7. The summed E-state index contributed by atoms with van der Waals surface area (Å²) in [6.07, 6.45) is -3.52. The zero-order valence-electron chi connectivity index (χ0n) is 10.1. The summed E-state index contributed by atoms with van der Waals surface area (Å²) < 4.78 is 28.3. The Morgan fingerprint density at radius 2 is 2.11 bits per heavy atom. The van der Waals surface area contributed by atoms with Gasteiger partial charge in [0.25, 0.3) is 5.92 Å². The molecule has 1 rings (SSSR count). The number of aliphatic hydroxyl groups excluding tert-OH is 3. The van der Waals surface area contributed by atoms with Crippen molar-refractivity contribution in [3.8, 4) is 0 Å². The maximum Gasteiger partial charge on any atom is 0.349 e. The molecular formula is C10H15F2N3O4. The Balaban J connectivity index is 3.10. The van der Waals surface area contributed by atoms with Crippen LogP contribution in [0.25, 0.3) is 0 Å². The van der Waals surface area contributed by atoms with Crippen LogP contribution in [0.15, 0.2) is 17.1 Å². The molecule has 0 saturated heterocycles. The van der Waals surface area contributed by atoms with E-state index in [1.54, 1.807) is 0 Å². The van der Waals surface area contributed by atoms with Crippen LogP contribution < -0.4 is 11.4 Å². The molecule has 0 saturated carbocycles. The van der Waals surface area contributed by atoms with E-state index in [2.05, 4.69) is 4.98 Å². The lowest BCUT2D eigenvalue weighted by molar-refractivity contribution is -0.181. The Morgan fingerprint density at radius 1 is 1.53 bits per heavy atom. The van der Waals surface area contributed by atoms with Gasteiger partial charge in [-0.05, 0) is 13.0 Å². The summed E-state index contributed by atoms with van der Waals surface area (Å²) in [5.41, 5.74) is 4.23. The summed E-state index contributed by atoms with van der Waals surface area (Å²) in [5, 5.41) is 26.9. The van der Waals surface area contributed by atoms with Crippen LogP contribution in [0.2, 0.25) is 0 Å². The first-order valence-electron chi connectivity index (χ1n) is 5.41. The number of nitrogens with zero attached hydrogens (tertiary/aromatic N) is 2. The van der Waals surface area contributed by atoms with E-state index in [1.165, 1.54) is 0 Å². The molecule has 108 valence electrons. The monoisotopic (exact) mass is 279 g/mol. The van der Waals surface area contributed by atoms with Crippen molar-refractivity contribution in [2.24, 2.45) is 0 Å². The largest absolute Gasteiger partial charge is 0.394 e. The highest BCUT2D eigenvalue weighted by atomic mass is 19.3. The van der Waals surface area contributed by atoms with Crippen molar-refractivity contribution < 1.29 is 24.1 Å². The van der Waals surface area contributed by atoms with Crippen molar-refractivity contribution in [1.82, 2.24) is 9.55 Å². The molecule has 0 aliphatic carbocycles. The zero-order chi connectivity index (χ0) is 14.8. The van der Waals surface area contributed by atoms with Gasteiger partial charge < -0.3 is 21.1 Å². The van der Waals surface area contributed by atoms with Crippen LogP contribution in [0, 0.1) is 0 Å². The zero-order valence-corrected chi connectivity index (χ0v) is 10.1. The van der Waals surface area contributed by atoms with Gasteiger partial charge in [-0.3, -0.25) is 4.57 Å². The van der Waals surface area contributed by atoms with Crippen LogP contribution in [0.1, 0.15) is 13.0 Å². The summed E-state index contributed by atoms with van der Waals surface area (Å²) in [5.74, 6) is -3.96.